The lowest BCUT2D eigenvalue weighted by Crippen LogP contribution is -2.63. The van der Waals surface area contributed by atoms with Crippen LogP contribution in [0.5, 0.6) is 0 Å². The first-order valence-electron chi connectivity index (χ1n) is 21.9. The highest BCUT2D eigenvalue weighted by Crippen LogP contribution is 2.35. The molecule has 0 aromatic heterocycles. The van der Waals surface area contributed by atoms with Crippen LogP contribution in [-0.2, 0) is 9.53 Å². The summed E-state index contributed by atoms with van der Waals surface area (Å²) in [6, 6.07) is 0. The van der Waals surface area contributed by atoms with Gasteiger partial charge >= 0.3 is 0 Å². The lowest BCUT2D eigenvalue weighted by atomic mass is 9.82. The fourth-order valence-electron chi connectivity index (χ4n) is 7.02. The average Bonchev–Trinajstić information content (AvgIpc) is 3.08. The molecular formula is C45H86N2O2S. The Kier molecular flexibility index (Phi) is 33.3. The van der Waals surface area contributed by atoms with Gasteiger partial charge in [0.1, 0.15) is 0 Å². The summed E-state index contributed by atoms with van der Waals surface area (Å²) in [5.74, 6) is 2.62. The molecule has 294 valence electrons. The number of unbranched alkanes of at least 4 members (excludes halogenated alkanes) is 24. The summed E-state index contributed by atoms with van der Waals surface area (Å²) in [5, 5.41) is 0. The van der Waals surface area contributed by atoms with E-state index < -0.39 is 0 Å². The molecule has 0 atom stereocenters. The topological polar surface area (TPSA) is 32.8 Å². The van der Waals surface area contributed by atoms with Crippen molar-refractivity contribution in [3.05, 3.63) is 24.3 Å². The van der Waals surface area contributed by atoms with E-state index in [1.807, 2.05) is 19.0 Å². The fourth-order valence-corrected chi connectivity index (χ4v) is 8.27. The van der Waals surface area contributed by atoms with Gasteiger partial charge in [-0.1, -0.05) is 154 Å². The maximum Gasteiger partial charge on any atom is 0.236 e. The zero-order valence-corrected chi connectivity index (χ0v) is 35.0. The molecule has 0 saturated carbocycles. The number of nitrogens with zero attached hydrogens (tertiary/aromatic N) is 2. The van der Waals surface area contributed by atoms with E-state index in [0.717, 1.165) is 32.1 Å². The number of ether oxygens (including phenoxy) is 1. The summed E-state index contributed by atoms with van der Waals surface area (Å²) < 4.78 is 6.28. The Morgan fingerprint density at radius 1 is 0.600 bits per heavy atom. The van der Waals surface area contributed by atoms with Crippen molar-refractivity contribution < 1.29 is 9.53 Å². The van der Waals surface area contributed by atoms with E-state index in [-0.39, 0.29) is 11.3 Å². The van der Waals surface area contributed by atoms with E-state index in [4.69, 9.17) is 4.74 Å². The molecule has 0 N–H and O–H groups in total. The van der Waals surface area contributed by atoms with Crippen LogP contribution < -0.4 is 0 Å². The van der Waals surface area contributed by atoms with E-state index in [1.165, 1.54) is 186 Å². The Morgan fingerprint density at radius 3 is 1.44 bits per heavy atom. The summed E-state index contributed by atoms with van der Waals surface area (Å²) in [7, 11) is 3.96. The van der Waals surface area contributed by atoms with Gasteiger partial charge in [0.2, 0.25) is 5.91 Å². The van der Waals surface area contributed by atoms with Crippen LogP contribution in [-0.4, -0.2) is 74.2 Å². The predicted octanol–water partition coefficient (Wildman–Crippen LogP) is 13.2. The van der Waals surface area contributed by atoms with Gasteiger partial charge in [0, 0.05) is 30.9 Å². The highest BCUT2D eigenvalue weighted by atomic mass is 32.2. The van der Waals surface area contributed by atoms with Crippen molar-refractivity contribution in [3.8, 4) is 0 Å². The lowest BCUT2D eigenvalue weighted by molar-refractivity contribution is -0.146. The number of thioether (sulfide) groups is 1. The first-order chi connectivity index (χ1) is 24.5. The molecule has 50 heavy (non-hydrogen) atoms. The second kappa shape index (κ2) is 35.3. The summed E-state index contributed by atoms with van der Waals surface area (Å²) >= 11 is 2.10. The molecule has 1 aliphatic rings. The largest absolute Gasteiger partial charge is 0.381 e. The predicted molar refractivity (Wildman–Crippen MR) is 225 cm³/mol. The molecule has 0 aromatic rings. The van der Waals surface area contributed by atoms with Gasteiger partial charge in [-0.15, -0.1) is 0 Å². The molecular weight excluding hydrogens is 633 g/mol. The molecule has 5 heteroatoms. The Balaban J connectivity index is 2.07. The Morgan fingerprint density at radius 2 is 1.00 bits per heavy atom. The zero-order valence-electron chi connectivity index (χ0n) is 34.2. The molecule has 1 saturated heterocycles. The third kappa shape index (κ3) is 28.8. The SMILES string of the molecule is CCCCCCCC/C=C\CCCCCCCCOCC1(CSCCCCCCCC/C=C\CCCCCCCC)CN(C(=O)CN(C)C)C1. The fraction of sp³-hybridized carbons (Fsp3) is 0.889. The van der Waals surface area contributed by atoms with Gasteiger partial charge in [0.25, 0.3) is 0 Å². The average molecular weight is 719 g/mol. The van der Waals surface area contributed by atoms with Gasteiger partial charge in [0.05, 0.1) is 13.2 Å². The highest BCUT2D eigenvalue weighted by molar-refractivity contribution is 7.99. The normalized spacial score (nSPS) is 14.5. The van der Waals surface area contributed by atoms with Gasteiger partial charge in [0.15, 0.2) is 0 Å². The molecule has 0 aliphatic carbocycles. The van der Waals surface area contributed by atoms with Crippen LogP contribution >= 0.6 is 11.8 Å². The van der Waals surface area contributed by atoms with Crippen molar-refractivity contribution in [2.24, 2.45) is 5.41 Å². The number of carbonyl (C=O) groups is 1. The van der Waals surface area contributed by atoms with Crippen LogP contribution in [0.25, 0.3) is 0 Å². The first-order valence-corrected chi connectivity index (χ1v) is 23.1. The number of hydrogen-bond acceptors (Lipinski definition) is 4. The lowest BCUT2D eigenvalue weighted by Gasteiger charge is -2.50. The number of amides is 1. The molecule has 1 amide bonds. The molecule has 1 heterocycles. The van der Waals surface area contributed by atoms with Crippen LogP contribution in [0.1, 0.15) is 194 Å². The van der Waals surface area contributed by atoms with E-state index in [1.54, 1.807) is 0 Å². The second-order valence-electron chi connectivity index (χ2n) is 16.0. The standard InChI is InChI=1S/C45H86N2O2S/c1-5-7-9-11-13-15-17-19-21-23-25-27-29-31-33-35-37-49-42-45(40-47(41-45)44(48)39-46(3)4)43-50-38-36-34-32-30-28-26-24-22-20-18-16-14-12-10-8-6-2/h19-22H,5-18,23-43H2,1-4H3/b21-19-,22-20-. The summed E-state index contributed by atoms with van der Waals surface area (Å²) in [6.07, 6.45) is 47.5. The molecule has 0 radical (unpaired) electrons. The molecule has 4 nitrogen and oxygen atoms in total. The van der Waals surface area contributed by atoms with E-state index >= 15 is 0 Å². The van der Waals surface area contributed by atoms with E-state index in [0.29, 0.717) is 6.54 Å². The number of allylic oxidation sites excluding steroid dienone is 4. The van der Waals surface area contributed by atoms with Crippen molar-refractivity contribution in [2.45, 2.75) is 194 Å². The third-order valence-electron chi connectivity index (χ3n) is 10.3. The summed E-state index contributed by atoms with van der Waals surface area (Å²) in [4.78, 5) is 16.7. The molecule has 0 bridgehead atoms. The van der Waals surface area contributed by atoms with Gasteiger partial charge in [-0.2, -0.15) is 11.8 Å². The van der Waals surface area contributed by atoms with Crippen molar-refractivity contribution >= 4 is 17.7 Å². The summed E-state index contributed by atoms with van der Waals surface area (Å²) in [5.41, 5.74) is 0.151. The van der Waals surface area contributed by atoms with Crippen molar-refractivity contribution in [3.63, 3.8) is 0 Å². The maximum atomic E-state index is 12.6. The molecule has 0 unspecified atom stereocenters. The van der Waals surface area contributed by atoms with Crippen molar-refractivity contribution in [1.29, 1.82) is 0 Å². The van der Waals surface area contributed by atoms with Crippen LogP contribution in [0.15, 0.2) is 24.3 Å². The number of likely N-dealkylation sites (N-methyl/N-ethyl adjacent to an activating group) is 1. The number of carbonyl (C=O) groups excluding carboxylic acids is 1. The van der Waals surface area contributed by atoms with Gasteiger partial charge in [-0.05, 0) is 84.1 Å². The van der Waals surface area contributed by atoms with Crippen LogP contribution in [0.3, 0.4) is 0 Å². The maximum absolute atomic E-state index is 12.6. The first kappa shape index (κ1) is 47.2. The summed E-state index contributed by atoms with van der Waals surface area (Å²) in [6.45, 7) is 8.50. The van der Waals surface area contributed by atoms with Crippen LogP contribution in [0.4, 0.5) is 0 Å². The molecule has 0 spiro atoms. The monoisotopic (exact) mass is 719 g/mol. The Bertz CT molecular complexity index is 744. The third-order valence-corrected chi connectivity index (χ3v) is 11.7. The second-order valence-corrected chi connectivity index (χ2v) is 17.1. The van der Waals surface area contributed by atoms with Crippen LogP contribution in [0, 0.1) is 5.41 Å². The van der Waals surface area contributed by atoms with E-state index in [2.05, 4.69) is 54.8 Å². The smallest absolute Gasteiger partial charge is 0.236 e. The number of rotatable bonds is 38. The minimum Gasteiger partial charge on any atom is -0.381 e. The minimum absolute atomic E-state index is 0.151. The van der Waals surface area contributed by atoms with Gasteiger partial charge < -0.3 is 14.5 Å². The number of likely N-dealkylation sites (tertiary alicyclic amines) is 1. The van der Waals surface area contributed by atoms with Gasteiger partial charge in [-0.25, -0.2) is 0 Å². The Labute approximate surface area is 317 Å². The van der Waals surface area contributed by atoms with E-state index in [9.17, 15) is 4.79 Å². The van der Waals surface area contributed by atoms with Gasteiger partial charge in [-0.3, -0.25) is 4.79 Å². The van der Waals surface area contributed by atoms with Crippen LogP contribution in [0.2, 0.25) is 0 Å². The quantitative estimate of drug-likeness (QED) is 0.0470. The zero-order chi connectivity index (χ0) is 36.2. The highest BCUT2D eigenvalue weighted by Gasteiger charge is 2.45. The van der Waals surface area contributed by atoms with Crippen molar-refractivity contribution in [1.82, 2.24) is 9.80 Å². The molecule has 1 fully saturated rings. The van der Waals surface area contributed by atoms with Crippen molar-refractivity contribution in [2.75, 3.05) is 58.4 Å². The number of hydrogen-bond donors (Lipinski definition) is 0. The molecule has 1 aliphatic heterocycles. The molecule has 0 aromatic carbocycles. The molecule has 1 rings (SSSR count). The Hall–Kier alpha value is -0.780. The minimum atomic E-state index is 0.151.